The number of carbonyl (C=O) groups excluding carboxylic acids is 1. The summed E-state index contributed by atoms with van der Waals surface area (Å²) in [6.45, 7) is 3.34. The molecule has 1 fully saturated rings. The van der Waals surface area contributed by atoms with Crippen molar-refractivity contribution in [1.29, 1.82) is 0 Å². The molecule has 0 bridgehead atoms. The molecule has 0 aliphatic carbocycles. The summed E-state index contributed by atoms with van der Waals surface area (Å²) in [4.78, 5) is 19.6. The first kappa shape index (κ1) is 29.5. The number of alkyl halides is 3. The van der Waals surface area contributed by atoms with Crippen molar-refractivity contribution in [3.05, 3.63) is 83.0 Å². The van der Waals surface area contributed by atoms with Gasteiger partial charge in [0.2, 0.25) is 5.95 Å². The molecule has 2 atom stereocenters. The van der Waals surface area contributed by atoms with Crippen LogP contribution in [0.1, 0.15) is 24.9 Å². The van der Waals surface area contributed by atoms with Crippen molar-refractivity contribution in [1.82, 2.24) is 9.88 Å². The van der Waals surface area contributed by atoms with Gasteiger partial charge in [0.15, 0.2) is 11.6 Å². The van der Waals surface area contributed by atoms with Crippen molar-refractivity contribution in [2.24, 2.45) is 0 Å². The van der Waals surface area contributed by atoms with E-state index in [9.17, 15) is 30.8 Å². The summed E-state index contributed by atoms with van der Waals surface area (Å²) in [5.74, 6) is -6.84. The minimum absolute atomic E-state index is 0.0417. The van der Waals surface area contributed by atoms with Crippen molar-refractivity contribution < 1.29 is 40.0 Å². The van der Waals surface area contributed by atoms with Gasteiger partial charge in [0.05, 0.1) is 5.69 Å². The van der Waals surface area contributed by atoms with E-state index in [0.29, 0.717) is 13.0 Å². The maximum atomic E-state index is 15.3. The molecule has 0 unspecified atom stereocenters. The fourth-order valence-corrected chi connectivity index (χ4v) is 5.73. The minimum Gasteiger partial charge on any atom is -0.380 e. The van der Waals surface area contributed by atoms with Crippen molar-refractivity contribution in [3.63, 3.8) is 0 Å². The maximum absolute atomic E-state index is 15.3. The molecule has 2 heterocycles. The molecule has 0 spiro atoms. The normalized spacial score (nSPS) is 16.9. The van der Waals surface area contributed by atoms with Gasteiger partial charge >= 0.3 is 12.1 Å². The molecule has 1 saturated heterocycles. The van der Waals surface area contributed by atoms with Crippen LogP contribution in [0, 0.1) is 11.8 Å². The summed E-state index contributed by atoms with van der Waals surface area (Å²) in [7, 11) is -5.41. The average molecular weight is 605 g/mol. The van der Waals surface area contributed by atoms with E-state index in [-0.39, 0.29) is 17.8 Å². The summed E-state index contributed by atoms with van der Waals surface area (Å²) in [5.41, 5.74) is 1.16. The third-order valence-electron chi connectivity index (χ3n) is 6.24. The highest BCUT2D eigenvalue weighted by atomic mass is 35.5. The Labute approximate surface area is 231 Å². The number of nitrogens with zero attached hydrogens (tertiary/aromatic N) is 3. The zero-order valence-electron chi connectivity index (χ0n) is 20.7. The highest BCUT2D eigenvalue weighted by Gasteiger charge is 2.46. The Balaban J connectivity index is 1.58. The number of hydrogen-bond acceptors (Lipinski definition) is 7. The monoisotopic (exact) mass is 604 g/mol. The first-order chi connectivity index (χ1) is 18.8. The highest BCUT2D eigenvalue weighted by Crippen LogP contribution is 2.35. The SMILES string of the molecule is C[C@@H](c1ccccc1)N1CC[C@H](Nc2ccc(S(=O)(=O)N(OC(=O)C(F)(F)F)c3cccc(F)n3)c(F)c2Cl)C1. The summed E-state index contributed by atoms with van der Waals surface area (Å²) in [6, 6.07) is 14.0. The fraction of sp³-hybridized carbons (Fsp3) is 0.280. The number of halogens is 6. The number of rotatable bonds is 8. The van der Waals surface area contributed by atoms with Gasteiger partial charge in [-0.2, -0.15) is 31.0 Å². The third-order valence-corrected chi connectivity index (χ3v) is 8.18. The maximum Gasteiger partial charge on any atom is 0.493 e. The molecule has 4 rings (SSSR count). The lowest BCUT2D eigenvalue weighted by Crippen LogP contribution is -2.39. The largest absolute Gasteiger partial charge is 0.493 e. The molecule has 214 valence electrons. The van der Waals surface area contributed by atoms with E-state index >= 15 is 4.39 Å². The molecule has 40 heavy (non-hydrogen) atoms. The molecular weight excluding hydrogens is 583 g/mol. The Kier molecular flexibility index (Phi) is 8.52. The van der Waals surface area contributed by atoms with Crippen molar-refractivity contribution >= 4 is 39.1 Å². The predicted molar refractivity (Wildman–Crippen MR) is 136 cm³/mol. The summed E-state index contributed by atoms with van der Waals surface area (Å²) in [5, 5.41) is 2.41. The average Bonchev–Trinajstić information content (AvgIpc) is 3.37. The van der Waals surface area contributed by atoms with E-state index in [1.165, 1.54) is 0 Å². The molecular formula is C25H22ClF5N4O4S. The van der Waals surface area contributed by atoms with Crippen LogP contribution in [0.2, 0.25) is 5.02 Å². The second-order valence-electron chi connectivity index (χ2n) is 8.88. The highest BCUT2D eigenvalue weighted by molar-refractivity contribution is 7.92. The molecule has 1 N–H and O–H groups in total. The quantitative estimate of drug-likeness (QED) is 0.207. The lowest BCUT2D eigenvalue weighted by atomic mass is 10.1. The molecule has 15 heteroatoms. The Morgan fingerprint density at radius 2 is 1.82 bits per heavy atom. The standard InChI is InChI=1S/C25H22ClF5N4O4S/c1-15(16-6-3-2-4-7-16)34-13-12-17(14-34)32-18-10-11-19(23(28)22(18)26)40(37,38)35(39-24(36)25(29,30)31)21-9-5-8-20(27)33-21/h2-11,15,17,32H,12-14H2,1H3/t15-,17-/m0/s1. The topological polar surface area (TPSA) is 91.8 Å². The Hall–Kier alpha value is -3.49. The first-order valence-electron chi connectivity index (χ1n) is 11.8. The lowest BCUT2D eigenvalue weighted by Gasteiger charge is -2.25. The van der Waals surface area contributed by atoms with Crippen LogP contribution in [0.5, 0.6) is 0 Å². The second kappa shape index (κ2) is 11.6. The van der Waals surface area contributed by atoms with Gasteiger partial charge in [-0.3, -0.25) is 4.90 Å². The van der Waals surface area contributed by atoms with E-state index in [1.807, 2.05) is 30.3 Å². The molecule has 8 nitrogen and oxygen atoms in total. The van der Waals surface area contributed by atoms with E-state index in [4.69, 9.17) is 11.6 Å². The van der Waals surface area contributed by atoms with Gasteiger partial charge < -0.3 is 10.2 Å². The van der Waals surface area contributed by atoms with E-state index < -0.39 is 54.1 Å². The number of hydrogen-bond donors (Lipinski definition) is 1. The van der Waals surface area contributed by atoms with Gasteiger partial charge in [-0.05, 0) is 43.2 Å². The Morgan fingerprint density at radius 3 is 2.48 bits per heavy atom. The summed E-state index contributed by atoms with van der Waals surface area (Å²) < 4.78 is 93.3. The molecule has 0 amide bonds. The minimum atomic E-state index is -5.63. The lowest BCUT2D eigenvalue weighted by molar-refractivity contribution is -0.199. The smallest absolute Gasteiger partial charge is 0.380 e. The van der Waals surface area contributed by atoms with Gasteiger partial charge in [-0.1, -0.05) is 52.5 Å². The number of carbonyl (C=O) groups is 1. The van der Waals surface area contributed by atoms with Gasteiger partial charge in [0.1, 0.15) is 9.92 Å². The molecule has 1 aliphatic heterocycles. The van der Waals surface area contributed by atoms with E-state index in [1.54, 1.807) is 0 Å². The first-order valence-corrected chi connectivity index (χ1v) is 13.6. The number of aromatic nitrogens is 1. The molecule has 3 aromatic rings. The van der Waals surface area contributed by atoms with E-state index in [0.717, 1.165) is 42.4 Å². The van der Waals surface area contributed by atoms with Crippen LogP contribution in [-0.4, -0.2) is 49.6 Å². The zero-order valence-corrected chi connectivity index (χ0v) is 22.3. The number of anilines is 2. The van der Waals surface area contributed by atoms with Crippen molar-refractivity contribution in [2.75, 3.05) is 22.9 Å². The Morgan fingerprint density at radius 1 is 1.12 bits per heavy atom. The number of likely N-dealkylation sites (tertiary alicyclic amines) is 1. The van der Waals surface area contributed by atoms with Crippen LogP contribution in [-0.2, 0) is 19.7 Å². The number of pyridine rings is 1. The summed E-state index contributed by atoms with van der Waals surface area (Å²) >= 11 is 6.13. The molecule has 2 aromatic carbocycles. The number of nitrogens with one attached hydrogen (secondary N) is 1. The van der Waals surface area contributed by atoms with Crippen LogP contribution in [0.3, 0.4) is 0 Å². The predicted octanol–water partition coefficient (Wildman–Crippen LogP) is 5.48. The van der Waals surface area contributed by atoms with Crippen LogP contribution >= 0.6 is 11.6 Å². The van der Waals surface area contributed by atoms with Crippen molar-refractivity contribution in [3.8, 4) is 0 Å². The van der Waals surface area contributed by atoms with Gasteiger partial charge in [0, 0.05) is 25.2 Å². The van der Waals surface area contributed by atoms with Crippen LogP contribution in [0.25, 0.3) is 0 Å². The molecule has 0 saturated carbocycles. The number of benzene rings is 2. The zero-order chi connectivity index (χ0) is 29.2. The molecule has 0 radical (unpaired) electrons. The molecule has 1 aliphatic rings. The summed E-state index contributed by atoms with van der Waals surface area (Å²) in [6.07, 6.45) is -4.96. The van der Waals surface area contributed by atoms with E-state index in [2.05, 4.69) is 27.0 Å². The van der Waals surface area contributed by atoms with Gasteiger partial charge in [-0.15, -0.1) is 0 Å². The Bertz CT molecular complexity index is 1490. The van der Waals surface area contributed by atoms with Crippen LogP contribution in [0.15, 0.2) is 65.6 Å². The van der Waals surface area contributed by atoms with Crippen LogP contribution in [0.4, 0.5) is 33.5 Å². The van der Waals surface area contributed by atoms with Crippen LogP contribution < -0.4 is 9.79 Å². The van der Waals surface area contributed by atoms with Crippen molar-refractivity contribution in [2.45, 2.75) is 36.5 Å². The number of sulfonamides is 1. The van der Waals surface area contributed by atoms with Gasteiger partial charge in [-0.25, -0.2) is 9.18 Å². The molecule has 1 aromatic heterocycles. The second-order valence-corrected chi connectivity index (χ2v) is 11.0. The third kappa shape index (κ3) is 6.29. The van der Waals surface area contributed by atoms with Gasteiger partial charge in [0.25, 0.3) is 10.0 Å². The fourth-order valence-electron chi connectivity index (χ4n) is 4.20.